The minimum absolute atomic E-state index is 0.0316. The van der Waals surface area contributed by atoms with Crippen LogP contribution in [0.4, 0.5) is 0 Å². The standard InChI is InChI=1S/C20H34N4O5S/c1-23-12-14-24(15-13-23)11-5-4-9-21-20(25)8-10-22-30(26,27)17-6-7-18(28-2)19(16-17)29-3/h6-7,16,22H,4-5,8-15H2,1-3H3,(H,21,25). The third-order valence-corrected chi connectivity index (χ3v) is 6.59. The molecule has 1 aliphatic heterocycles. The average Bonchev–Trinajstić information content (AvgIpc) is 2.74. The predicted molar refractivity (Wildman–Crippen MR) is 116 cm³/mol. The molecule has 0 saturated carbocycles. The van der Waals surface area contributed by atoms with Crippen molar-refractivity contribution in [1.29, 1.82) is 0 Å². The molecule has 1 fully saturated rings. The fourth-order valence-corrected chi connectivity index (χ4v) is 4.26. The molecule has 1 aromatic rings. The summed E-state index contributed by atoms with van der Waals surface area (Å²) in [5.74, 6) is 0.614. The van der Waals surface area contributed by atoms with Crippen molar-refractivity contribution in [1.82, 2.24) is 19.8 Å². The Morgan fingerprint density at radius 1 is 1.03 bits per heavy atom. The highest BCUT2D eigenvalue weighted by Gasteiger charge is 2.17. The van der Waals surface area contributed by atoms with Gasteiger partial charge < -0.3 is 24.6 Å². The molecule has 0 spiro atoms. The number of carbonyl (C=O) groups is 1. The van der Waals surface area contributed by atoms with Crippen LogP contribution in [0.25, 0.3) is 0 Å². The van der Waals surface area contributed by atoms with Crippen molar-refractivity contribution in [2.75, 3.05) is 67.1 Å². The number of amides is 1. The zero-order valence-electron chi connectivity index (χ0n) is 18.1. The van der Waals surface area contributed by atoms with Gasteiger partial charge in [-0.05, 0) is 38.6 Å². The summed E-state index contributed by atoms with van der Waals surface area (Å²) in [5, 5.41) is 2.85. The fourth-order valence-electron chi connectivity index (χ4n) is 3.21. The van der Waals surface area contributed by atoms with Gasteiger partial charge in [0.15, 0.2) is 11.5 Å². The number of hydrogen-bond donors (Lipinski definition) is 2. The molecule has 0 unspecified atom stereocenters. The number of benzene rings is 1. The van der Waals surface area contributed by atoms with Crippen molar-refractivity contribution in [2.45, 2.75) is 24.2 Å². The van der Waals surface area contributed by atoms with Crippen LogP contribution >= 0.6 is 0 Å². The van der Waals surface area contributed by atoms with E-state index in [-0.39, 0.29) is 23.8 Å². The van der Waals surface area contributed by atoms with Gasteiger partial charge in [-0.15, -0.1) is 0 Å². The molecule has 0 bridgehead atoms. The third-order valence-electron chi connectivity index (χ3n) is 5.13. The quantitative estimate of drug-likeness (QED) is 0.455. The van der Waals surface area contributed by atoms with Gasteiger partial charge in [0.1, 0.15) is 0 Å². The van der Waals surface area contributed by atoms with E-state index in [1.165, 1.54) is 32.4 Å². The molecule has 0 radical (unpaired) electrons. The molecular weight excluding hydrogens is 408 g/mol. The number of carbonyl (C=O) groups excluding carboxylic acids is 1. The lowest BCUT2D eigenvalue weighted by atomic mass is 10.2. The normalized spacial score (nSPS) is 15.7. The molecule has 0 aliphatic carbocycles. The number of nitrogens with one attached hydrogen (secondary N) is 2. The van der Waals surface area contributed by atoms with E-state index < -0.39 is 10.0 Å². The van der Waals surface area contributed by atoms with E-state index in [0.717, 1.165) is 45.6 Å². The molecule has 1 heterocycles. The minimum Gasteiger partial charge on any atom is -0.493 e. The monoisotopic (exact) mass is 442 g/mol. The first-order valence-electron chi connectivity index (χ1n) is 10.2. The van der Waals surface area contributed by atoms with E-state index in [4.69, 9.17) is 9.47 Å². The predicted octanol–water partition coefficient (Wildman–Crippen LogP) is 0.516. The topological polar surface area (TPSA) is 100 Å². The van der Waals surface area contributed by atoms with Crippen molar-refractivity contribution in [3.63, 3.8) is 0 Å². The lowest BCUT2D eigenvalue weighted by molar-refractivity contribution is -0.120. The first-order valence-corrected chi connectivity index (χ1v) is 11.7. The number of unbranched alkanes of at least 4 members (excludes halogenated alkanes) is 1. The molecule has 1 aromatic carbocycles. The maximum Gasteiger partial charge on any atom is 0.240 e. The smallest absolute Gasteiger partial charge is 0.240 e. The first kappa shape index (κ1) is 24.4. The molecule has 1 aliphatic rings. The number of ether oxygens (including phenoxy) is 2. The van der Waals surface area contributed by atoms with E-state index in [2.05, 4.69) is 26.9 Å². The Labute approximate surface area is 179 Å². The van der Waals surface area contributed by atoms with Crippen LogP contribution in [-0.4, -0.2) is 91.2 Å². The van der Waals surface area contributed by atoms with E-state index in [1.807, 2.05) is 0 Å². The third kappa shape index (κ3) is 7.75. The lowest BCUT2D eigenvalue weighted by Gasteiger charge is -2.32. The van der Waals surface area contributed by atoms with Crippen molar-refractivity contribution in [3.05, 3.63) is 18.2 Å². The molecule has 30 heavy (non-hydrogen) atoms. The highest BCUT2D eigenvalue weighted by atomic mass is 32.2. The second kappa shape index (κ2) is 12.1. The summed E-state index contributed by atoms with van der Waals surface area (Å²) in [7, 11) is 1.33. The summed E-state index contributed by atoms with van der Waals surface area (Å²) in [5.41, 5.74) is 0. The summed E-state index contributed by atoms with van der Waals surface area (Å²) in [6.45, 7) is 6.10. The number of hydrogen-bond acceptors (Lipinski definition) is 7. The second-order valence-electron chi connectivity index (χ2n) is 7.37. The molecule has 0 aromatic heterocycles. The molecule has 2 rings (SSSR count). The summed E-state index contributed by atoms with van der Waals surface area (Å²) >= 11 is 0. The van der Waals surface area contributed by atoms with Gasteiger partial charge in [-0.25, -0.2) is 13.1 Å². The largest absolute Gasteiger partial charge is 0.493 e. The number of nitrogens with zero attached hydrogens (tertiary/aromatic N) is 2. The van der Waals surface area contributed by atoms with Gasteiger partial charge in [-0.2, -0.15) is 0 Å². The van der Waals surface area contributed by atoms with Crippen molar-refractivity contribution in [2.24, 2.45) is 0 Å². The van der Waals surface area contributed by atoms with Gasteiger partial charge >= 0.3 is 0 Å². The Bertz CT molecular complexity index is 779. The van der Waals surface area contributed by atoms with Gasteiger partial charge in [0.05, 0.1) is 19.1 Å². The maximum absolute atomic E-state index is 12.4. The molecular formula is C20H34N4O5S. The fraction of sp³-hybridized carbons (Fsp3) is 0.650. The van der Waals surface area contributed by atoms with Gasteiger partial charge in [-0.3, -0.25) is 4.79 Å². The number of likely N-dealkylation sites (N-methyl/N-ethyl adjacent to an activating group) is 1. The Kier molecular flexibility index (Phi) is 9.83. The van der Waals surface area contributed by atoms with E-state index in [9.17, 15) is 13.2 Å². The minimum atomic E-state index is -3.73. The van der Waals surface area contributed by atoms with E-state index in [0.29, 0.717) is 18.0 Å². The SMILES string of the molecule is COc1ccc(S(=O)(=O)NCCC(=O)NCCCCN2CCN(C)CC2)cc1OC. The van der Waals surface area contributed by atoms with Crippen LogP contribution in [0, 0.1) is 0 Å². The Morgan fingerprint density at radius 2 is 1.73 bits per heavy atom. The Balaban J connectivity index is 1.64. The maximum atomic E-state index is 12.4. The Hall–Kier alpha value is -1.88. The zero-order valence-corrected chi connectivity index (χ0v) is 19.0. The van der Waals surface area contributed by atoms with Crippen LogP contribution in [0.2, 0.25) is 0 Å². The van der Waals surface area contributed by atoms with Crippen LogP contribution < -0.4 is 19.5 Å². The molecule has 2 N–H and O–H groups in total. The van der Waals surface area contributed by atoms with Gasteiger partial charge in [0.2, 0.25) is 15.9 Å². The molecule has 0 atom stereocenters. The lowest BCUT2D eigenvalue weighted by Crippen LogP contribution is -2.44. The van der Waals surface area contributed by atoms with Crippen LogP contribution in [-0.2, 0) is 14.8 Å². The highest BCUT2D eigenvalue weighted by molar-refractivity contribution is 7.89. The van der Waals surface area contributed by atoms with Gasteiger partial charge in [0, 0.05) is 51.8 Å². The van der Waals surface area contributed by atoms with E-state index >= 15 is 0 Å². The van der Waals surface area contributed by atoms with Crippen LogP contribution in [0.5, 0.6) is 11.5 Å². The second-order valence-corrected chi connectivity index (χ2v) is 9.13. The van der Waals surface area contributed by atoms with Crippen molar-refractivity contribution >= 4 is 15.9 Å². The summed E-state index contributed by atoms with van der Waals surface area (Å²) in [6, 6.07) is 4.36. The molecule has 1 amide bonds. The highest BCUT2D eigenvalue weighted by Crippen LogP contribution is 2.29. The number of sulfonamides is 1. The zero-order chi connectivity index (χ0) is 22.0. The van der Waals surface area contributed by atoms with Crippen LogP contribution in [0.1, 0.15) is 19.3 Å². The molecule has 9 nitrogen and oxygen atoms in total. The molecule has 1 saturated heterocycles. The van der Waals surface area contributed by atoms with Crippen molar-refractivity contribution < 1.29 is 22.7 Å². The molecule has 170 valence electrons. The van der Waals surface area contributed by atoms with Gasteiger partial charge in [-0.1, -0.05) is 0 Å². The average molecular weight is 443 g/mol. The van der Waals surface area contributed by atoms with E-state index in [1.54, 1.807) is 0 Å². The number of rotatable bonds is 12. The van der Waals surface area contributed by atoms with Crippen LogP contribution in [0.3, 0.4) is 0 Å². The summed E-state index contributed by atoms with van der Waals surface area (Å²) < 4.78 is 37.5. The van der Waals surface area contributed by atoms with Gasteiger partial charge in [0.25, 0.3) is 0 Å². The summed E-state index contributed by atoms with van der Waals surface area (Å²) in [4.78, 5) is 16.8. The Morgan fingerprint density at radius 3 is 2.40 bits per heavy atom. The first-order chi connectivity index (χ1) is 14.4. The molecule has 10 heteroatoms. The van der Waals surface area contributed by atoms with Crippen molar-refractivity contribution in [3.8, 4) is 11.5 Å². The number of piperazine rings is 1. The summed E-state index contributed by atoms with van der Waals surface area (Å²) in [6.07, 6.45) is 2.04. The van der Waals surface area contributed by atoms with Crippen LogP contribution in [0.15, 0.2) is 23.1 Å². The number of methoxy groups -OCH3 is 2.